The molecule has 7 nitrogen and oxygen atoms in total. The van der Waals surface area contributed by atoms with Gasteiger partial charge in [0.2, 0.25) is 5.91 Å². The monoisotopic (exact) mass is 345 g/mol. The molecule has 1 saturated heterocycles. The maximum atomic E-state index is 12.3. The number of pyridine rings is 1. The van der Waals surface area contributed by atoms with Crippen LogP contribution in [0.4, 0.5) is 0 Å². The third-order valence-electron chi connectivity index (χ3n) is 4.52. The van der Waals surface area contributed by atoms with Crippen molar-refractivity contribution in [2.24, 2.45) is 5.92 Å². The standard InChI is InChI=1S/C18H23N3O4/c1-12-8-15(25-20-12)9-14-10-24-11-16(14)19-17(22)6-7-21-13(2)4-3-5-18(21)23/h3-5,8,14,16H,6-7,9-11H2,1-2H3,(H,19,22)/t14-,16+/m1/s1. The van der Waals surface area contributed by atoms with Crippen LogP contribution < -0.4 is 10.9 Å². The van der Waals surface area contributed by atoms with Crippen LogP contribution in [0.3, 0.4) is 0 Å². The summed E-state index contributed by atoms with van der Waals surface area (Å²) in [7, 11) is 0. The first-order chi connectivity index (χ1) is 12.0. The number of carbonyl (C=O) groups excluding carboxylic acids is 1. The van der Waals surface area contributed by atoms with Crippen molar-refractivity contribution in [3.05, 3.63) is 51.8 Å². The Labute approximate surface area is 146 Å². The predicted molar refractivity (Wildman–Crippen MR) is 91.2 cm³/mol. The number of aromatic nitrogens is 2. The maximum Gasteiger partial charge on any atom is 0.250 e. The summed E-state index contributed by atoms with van der Waals surface area (Å²) in [5.74, 6) is 0.889. The van der Waals surface area contributed by atoms with Crippen LogP contribution in [0, 0.1) is 19.8 Å². The molecule has 1 aliphatic heterocycles. The molecule has 1 fully saturated rings. The van der Waals surface area contributed by atoms with E-state index in [1.807, 2.05) is 26.0 Å². The van der Waals surface area contributed by atoms with E-state index >= 15 is 0 Å². The number of hydrogen-bond acceptors (Lipinski definition) is 5. The minimum atomic E-state index is -0.0874. The van der Waals surface area contributed by atoms with Gasteiger partial charge >= 0.3 is 0 Å². The van der Waals surface area contributed by atoms with Crippen LogP contribution in [-0.4, -0.2) is 34.9 Å². The average Bonchev–Trinajstić information content (AvgIpc) is 3.16. The number of ether oxygens (including phenoxy) is 1. The van der Waals surface area contributed by atoms with Gasteiger partial charge in [-0.05, 0) is 19.9 Å². The minimum absolute atomic E-state index is 0.0495. The molecule has 0 unspecified atom stereocenters. The molecule has 2 aromatic rings. The van der Waals surface area contributed by atoms with E-state index in [0.29, 0.717) is 26.2 Å². The third kappa shape index (κ3) is 4.36. The van der Waals surface area contributed by atoms with Crippen LogP contribution in [0.2, 0.25) is 0 Å². The first-order valence-corrected chi connectivity index (χ1v) is 8.48. The molecule has 134 valence electrons. The molecule has 0 aliphatic carbocycles. The number of rotatable bonds is 6. The van der Waals surface area contributed by atoms with Crippen LogP contribution in [-0.2, 0) is 22.5 Å². The molecule has 1 aliphatic rings. The fourth-order valence-electron chi connectivity index (χ4n) is 3.13. The lowest BCUT2D eigenvalue weighted by Crippen LogP contribution is -2.41. The number of nitrogens with one attached hydrogen (secondary N) is 1. The van der Waals surface area contributed by atoms with E-state index in [1.54, 1.807) is 10.6 Å². The molecule has 3 rings (SSSR count). The van der Waals surface area contributed by atoms with E-state index < -0.39 is 0 Å². The second-order valence-corrected chi connectivity index (χ2v) is 6.52. The van der Waals surface area contributed by atoms with E-state index in [1.165, 1.54) is 6.07 Å². The van der Waals surface area contributed by atoms with Crippen molar-refractivity contribution < 1.29 is 14.1 Å². The van der Waals surface area contributed by atoms with Gasteiger partial charge < -0.3 is 19.1 Å². The van der Waals surface area contributed by atoms with E-state index in [2.05, 4.69) is 10.5 Å². The van der Waals surface area contributed by atoms with Gasteiger partial charge in [0, 0.05) is 43.1 Å². The smallest absolute Gasteiger partial charge is 0.250 e. The summed E-state index contributed by atoms with van der Waals surface area (Å²) in [6.45, 7) is 5.19. The molecule has 2 aromatic heterocycles. The number of carbonyl (C=O) groups is 1. The van der Waals surface area contributed by atoms with Crippen LogP contribution in [0.5, 0.6) is 0 Å². The van der Waals surface area contributed by atoms with Crippen molar-refractivity contribution in [1.29, 1.82) is 0 Å². The highest BCUT2D eigenvalue weighted by Crippen LogP contribution is 2.20. The Bertz CT molecular complexity index is 796. The van der Waals surface area contributed by atoms with Gasteiger partial charge in [-0.15, -0.1) is 0 Å². The van der Waals surface area contributed by atoms with Crippen LogP contribution in [0.25, 0.3) is 0 Å². The molecule has 0 aromatic carbocycles. The van der Waals surface area contributed by atoms with Crippen molar-refractivity contribution in [2.45, 2.75) is 39.3 Å². The van der Waals surface area contributed by atoms with Crippen molar-refractivity contribution in [3.8, 4) is 0 Å². The van der Waals surface area contributed by atoms with E-state index in [9.17, 15) is 9.59 Å². The van der Waals surface area contributed by atoms with Crippen LogP contribution in [0.1, 0.15) is 23.6 Å². The molecule has 1 N–H and O–H groups in total. The van der Waals surface area contributed by atoms with Crippen LogP contribution >= 0.6 is 0 Å². The topological polar surface area (TPSA) is 86.4 Å². The molecule has 2 atom stereocenters. The summed E-state index contributed by atoms with van der Waals surface area (Å²) < 4.78 is 12.4. The van der Waals surface area contributed by atoms with Gasteiger partial charge in [0.25, 0.3) is 5.56 Å². The SMILES string of the molecule is Cc1cc(C[C@@H]2COC[C@@H]2NC(=O)CCn2c(C)cccc2=O)on1. The number of amides is 1. The number of nitrogens with zero attached hydrogens (tertiary/aromatic N) is 2. The first-order valence-electron chi connectivity index (χ1n) is 8.48. The molecule has 1 amide bonds. The van der Waals surface area contributed by atoms with Crippen molar-refractivity contribution in [2.75, 3.05) is 13.2 Å². The quantitative estimate of drug-likeness (QED) is 0.851. The Hall–Kier alpha value is -2.41. The van der Waals surface area contributed by atoms with Crippen molar-refractivity contribution in [3.63, 3.8) is 0 Å². The Morgan fingerprint density at radius 2 is 2.20 bits per heavy atom. The maximum absolute atomic E-state index is 12.3. The molecule has 0 bridgehead atoms. The fourth-order valence-corrected chi connectivity index (χ4v) is 3.13. The summed E-state index contributed by atoms with van der Waals surface area (Å²) in [6.07, 6.45) is 0.943. The molecular formula is C18H23N3O4. The van der Waals surface area contributed by atoms with Gasteiger partial charge in [0.05, 0.1) is 24.9 Å². The molecule has 25 heavy (non-hydrogen) atoms. The van der Waals surface area contributed by atoms with E-state index in [4.69, 9.17) is 9.26 Å². The molecule has 0 radical (unpaired) electrons. The average molecular weight is 345 g/mol. The van der Waals surface area contributed by atoms with Crippen LogP contribution in [0.15, 0.2) is 33.6 Å². The largest absolute Gasteiger partial charge is 0.379 e. The summed E-state index contributed by atoms with van der Waals surface area (Å²) >= 11 is 0. The summed E-state index contributed by atoms with van der Waals surface area (Å²) in [5.41, 5.74) is 1.61. The number of hydrogen-bond donors (Lipinski definition) is 1. The van der Waals surface area contributed by atoms with Gasteiger partial charge in [-0.2, -0.15) is 0 Å². The molecule has 3 heterocycles. The fraction of sp³-hybridized carbons (Fsp3) is 0.500. The third-order valence-corrected chi connectivity index (χ3v) is 4.52. The Balaban J connectivity index is 1.54. The summed E-state index contributed by atoms with van der Waals surface area (Å²) in [6, 6.07) is 6.94. The Morgan fingerprint density at radius 1 is 1.36 bits per heavy atom. The van der Waals surface area contributed by atoms with Gasteiger partial charge in [-0.3, -0.25) is 9.59 Å². The second-order valence-electron chi connectivity index (χ2n) is 6.52. The summed E-state index contributed by atoms with van der Waals surface area (Å²) in [4.78, 5) is 24.1. The van der Waals surface area contributed by atoms with E-state index in [0.717, 1.165) is 17.1 Å². The zero-order chi connectivity index (χ0) is 17.8. The second kappa shape index (κ2) is 7.65. The molecular weight excluding hydrogens is 322 g/mol. The summed E-state index contributed by atoms with van der Waals surface area (Å²) in [5, 5.41) is 6.91. The van der Waals surface area contributed by atoms with Crippen molar-refractivity contribution in [1.82, 2.24) is 15.0 Å². The molecule has 0 saturated carbocycles. The highest BCUT2D eigenvalue weighted by Gasteiger charge is 2.30. The highest BCUT2D eigenvalue weighted by atomic mass is 16.5. The Kier molecular flexibility index (Phi) is 5.33. The normalized spacial score (nSPS) is 19.9. The first kappa shape index (κ1) is 17.4. The van der Waals surface area contributed by atoms with Gasteiger partial charge in [-0.25, -0.2) is 0 Å². The van der Waals surface area contributed by atoms with Crippen molar-refractivity contribution >= 4 is 5.91 Å². The zero-order valence-electron chi connectivity index (χ0n) is 14.5. The zero-order valence-corrected chi connectivity index (χ0v) is 14.5. The molecule has 7 heteroatoms. The van der Waals surface area contributed by atoms with Gasteiger partial charge in [0.15, 0.2) is 0 Å². The lowest BCUT2D eigenvalue weighted by atomic mass is 9.98. The lowest BCUT2D eigenvalue weighted by molar-refractivity contribution is -0.122. The van der Waals surface area contributed by atoms with Gasteiger partial charge in [-0.1, -0.05) is 11.2 Å². The predicted octanol–water partition coefficient (Wildman–Crippen LogP) is 1.22. The molecule has 0 spiro atoms. The lowest BCUT2D eigenvalue weighted by Gasteiger charge is -2.18. The van der Waals surface area contributed by atoms with Gasteiger partial charge in [0.1, 0.15) is 5.76 Å². The number of aryl methyl sites for hydroxylation is 2. The van der Waals surface area contributed by atoms with E-state index in [-0.39, 0.29) is 29.8 Å². The Morgan fingerprint density at radius 3 is 2.92 bits per heavy atom. The minimum Gasteiger partial charge on any atom is -0.379 e. The highest BCUT2D eigenvalue weighted by molar-refractivity contribution is 5.76.